The molecule has 3 aliphatic rings. The lowest BCUT2D eigenvalue weighted by molar-refractivity contribution is -0.149. The van der Waals surface area contributed by atoms with Crippen molar-refractivity contribution in [2.75, 3.05) is 18.9 Å². The maximum atomic E-state index is 5.65. The topological polar surface area (TPSA) is 70.3 Å². The molecular formula is C12H13N3O2. The Kier molecular flexibility index (Phi) is 2.24. The molecule has 0 aromatic rings. The number of nitrogens with two attached hydrogens (primary N) is 1. The van der Waals surface area contributed by atoms with E-state index >= 15 is 0 Å². The summed E-state index contributed by atoms with van der Waals surface area (Å²) in [6.45, 7) is 3.06. The van der Waals surface area contributed by atoms with Crippen LogP contribution in [-0.2, 0) is 15.3 Å². The average molecular weight is 231 g/mol. The third-order valence-electron chi connectivity index (χ3n) is 2.91. The summed E-state index contributed by atoms with van der Waals surface area (Å²) in [4.78, 5) is 8.42. The molecule has 0 aromatic heterocycles. The molecule has 5 heteroatoms. The van der Waals surface area contributed by atoms with Gasteiger partial charge in [-0.3, -0.25) is 0 Å². The smallest absolute Gasteiger partial charge is 0.221 e. The second kappa shape index (κ2) is 3.65. The van der Waals surface area contributed by atoms with Gasteiger partial charge in [0.25, 0.3) is 0 Å². The first-order valence-corrected chi connectivity index (χ1v) is 5.50. The number of imidazole rings is 1. The van der Waals surface area contributed by atoms with Crippen LogP contribution in [0.4, 0.5) is 5.95 Å². The van der Waals surface area contributed by atoms with Gasteiger partial charge in [0, 0.05) is 5.56 Å². The quantitative estimate of drug-likeness (QED) is 0.803. The number of nitrogens with zero attached hydrogens (tertiary/aromatic N) is 2. The highest BCUT2D eigenvalue weighted by atomic mass is 16.7. The zero-order chi connectivity index (χ0) is 11.9. The lowest BCUT2D eigenvalue weighted by Gasteiger charge is -2.22. The van der Waals surface area contributed by atoms with Gasteiger partial charge in [-0.2, -0.15) is 0 Å². The van der Waals surface area contributed by atoms with Crippen LogP contribution in [0.2, 0.25) is 0 Å². The van der Waals surface area contributed by atoms with E-state index in [4.69, 9.17) is 15.2 Å². The van der Waals surface area contributed by atoms with E-state index in [1.807, 2.05) is 31.2 Å². The minimum atomic E-state index is -0.757. The number of hydrogen-bond donors (Lipinski definition) is 1. The second-order valence-corrected chi connectivity index (χ2v) is 4.09. The molecule has 0 saturated carbocycles. The second-order valence-electron chi connectivity index (χ2n) is 4.09. The van der Waals surface area contributed by atoms with E-state index in [1.54, 1.807) is 0 Å². The Morgan fingerprint density at radius 2 is 1.88 bits per heavy atom. The minimum absolute atomic E-state index is 0.272. The fraction of sp³-hybridized carbons (Fsp3) is 0.333. The Hall–Kier alpha value is -1.72. The molecule has 0 bridgehead atoms. The molecule has 0 aromatic carbocycles. The Bertz CT molecular complexity index is 523. The summed E-state index contributed by atoms with van der Waals surface area (Å²) < 4.78 is 11.3. The van der Waals surface area contributed by atoms with Crippen LogP contribution in [-0.4, -0.2) is 23.2 Å². The maximum Gasteiger partial charge on any atom is 0.221 e. The summed E-state index contributed by atoms with van der Waals surface area (Å²) in [7, 11) is 0. The van der Waals surface area contributed by atoms with Crippen LogP contribution < -0.4 is 5.73 Å². The molecule has 2 N–H and O–H groups in total. The van der Waals surface area contributed by atoms with E-state index in [0.717, 1.165) is 17.0 Å². The van der Waals surface area contributed by atoms with Crippen LogP contribution in [0.5, 0.6) is 0 Å². The van der Waals surface area contributed by atoms with Crippen LogP contribution in [0.25, 0.3) is 11.4 Å². The number of ether oxygens (including phenoxy) is 2. The van der Waals surface area contributed by atoms with Gasteiger partial charge < -0.3 is 15.2 Å². The molecule has 88 valence electrons. The van der Waals surface area contributed by atoms with Crippen molar-refractivity contribution in [3.05, 3.63) is 29.8 Å². The van der Waals surface area contributed by atoms with Crippen molar-refractivity contribution >= 4 is 5.95 Å². The van der Waals surface area contributed by atoms with Crippen LogP contribution in [0.15, 0.2) is 24.3 Å². The zero-order valence-corrected chi connectivity index (χ0v) is 9.51. The standard InChI is InChI=1S/C12H13N3O2/c1-12(16-6-7-17-12)8-4-2-3-5-9-10(8)15-11(13)14-9/h2-5H,6-7H2,1H3,(H2,13,14,15). The molecular weight excluding hydrogens is 218 g/mol. The third kappa shape index (κ3) is 1.64. The van der Waals surface area contributed by atoms with Gasteiger partial charge in [0.05, 0.1) is 18.9 Å². The molecule has 17 heavy (non-hydrogen) atoms. The van der Waals surface area contributed by atoms with Crippen molar-refractivity contribution in [2.45, 2.75) is 12.7 Å². The average Bonchev–Trinajstić information content (AvgIpc) is 2.82. The summed E-state index contributed by atoms with van der Waals surface area (Å²) in [5.74, 6) is -0.485. The van der Waals surface area contributed by atoms with Crippen LogP contribution in [0.3, 0.4) is 0 Å². The van der Waals surface area contributed by atoms with Crippen molar-refractivity contribution in [1.29, 1.82) is 0 Å². The lowest BCUT2D eigenvalue weighted by Crippen LogP contribution is -2.23. The monoisotopic (exact) mass is 231 g/mol. The highest BCUT2D eigenvalue weighted by Crippen LogP contribution is 2.36. The first-order valence-electron chi connectivity index (χ1n) is 5.50. The molecule has 3 rings (SSSR count). The van der Waals surface area contributed by atoms with Crippen molar-refractivity contribution in [3.8, 4) is 11.4 Å². The van der Waals surface area contributed by atoms with Gasteiger partial charge in [-0.05, 0) is 13.0 Å². The Balaban J connectivity index is 2.21. The van der Waals surface area contributed by atoms with E-state index in [-0.39, 0.29) is 5.95 Å². The maximum absolute atomic E-state index is 5.65. The molecule has 0 radical (unpaired) electrons. The van der Waals surface area contributed by atoms with E-state index < -0.39 is 5.79 Å². The van der Waals surface area contributed by atoms with E-state index in [0.29, 0.717) is 13.2 Å². The number of hydrogen-bond acceptors (Lipinski definition) is 5. The van der Waals surface area contributed by atoms with Crippen molar-refractivity contribution in [2.24, 2.45) is 0 Å². The lowest BCUT2D eigenvalue weighted by atomic mass is 10.1. The van der Waals surface area contributed by atoms with Gasteiger partial charge in [0.2, 0.25) is 5.95 Å². The van der Waals surface area contributed by atoms with Gasteiger partial charge >= 0.3 is 0 Å². The summed E-state index contributed by atoms with van der Waals surface area (Å²) in [5.41, 5.74) is 7.98. The van der Waals surface area contributed by atoms with Crippen LogP contribution in [0.1, 0.15) is 12.5 Å². The molecule has 2 heterocycles. The van der Waals surface area contributed by atoms with E-state index in [9.17, 15) is 0 Å². The van der Waals surface area contributed by atoms with Gasteiger partial charge in [-0.15, -0.1) is 0 Å². The SMILES string of the molecule is CC1(c2ccccc3nc(N)nc2-3)OCCO1. The van der Waals surface area contributed by atoms with Crippen LogP contribution >= 0.6 is 0 Å². The van der Waals surface area contributed by atoms with E-state index in [1.165, 1.54) is 0 Å². The van der Waals surface area contributed by atoms with Gasteiger partial charge in [0.1, 0.15) is 5.69 Å². The number of fused-ring (bicyclic) bond motifs is 1. The number of nitrogen functional groups attached to an aromatic ring is 1. The fourth-order valence-electron chi connectivity index (χ4n) is 2.10. The molecule has 1 fully saturated rings. The highest BCUT2D eigenvalue weighted by Gasteiger charge is 2.36. The zero-order valence-electron chi connectivity index (χ0n) is 9.51. The molecule has 0 atom stereocenters. The van der Waals surface area contributed by atoms with Gasteiger partial charge in [0.15, 0.2) is 5.79 Å². The number of aromatic nitrogens is 2. The first-order chi connectivity index (χ1) is 8.19. The normalized spacial score (nSPS) is 18.6. The Morgan fingerprint density at radius 1 is 1.18 bits per heavy atom. The van der Waals surface area contributed by atoms with Crippen LogP contribution in [0, 0.1) is 0 Å². The molecule has 0 unspecified atom stereocenters. The minimum Gasteiger partial charge on any atom is -0.368 e. The fourth-order valence-corrected chi connectivity index (χ4v) is 2.10. The molecule has 2 aliphatic heterocycles. The third-order valence-corrected chi connectivity index (χ3v) is 2.91. The van der Waals surface area contributed by atoms with Gasteiger partial charge in [-0.1, -0.05) is 18.2 Å². The van der Waals surface area contributed by atoms with Crippen molar-refractivity contribution < 1.29 is 9.47 Å². The molecule has 1 aliphatic carbocycles. The largest absolute Gasteiger partial charge is 0.368 e. The predicted molar refractivity (Wildman–Crippen MR) is 62.3 cm³/mol. The molecule has 5 nitrogen and oxygen atoms in total. The number of rotatable bonds is 1. The summed E-state index contributed by atoms with van der Waals surface area (Å²) in [5, 5.41) is 0. The van der Waals surface area contributed by atoms with Crippen molar-refractivity contribution in [1.82, 2.24) is 9.97 Å². The Morgan fingerprint density at radius 3 is 2.65 bits per heavy atom. The summed E-state index contributed by atoms with van der Waals surface area (Å²) in [6.07, 6.45) is 0. The molecule has 0 spiro atoms. The van der Waals surface area contributed by atoms with Gasteiger partial charge in [-0.25, -0.2) is 9.97 Å². The first kappa shape index (κ1) is 10.4. The summed E-state index contributed by atoms with van der Waals surface area (Å²) >= 11 is 0. The predicted octanol–water partition coefficient (Wildman–Crippen LogP) is 1.38. The summed E-state index contributed by atoms with van der Waals surface area (Å²) in [6, 6.07) is 7.63. The molecule has 0 amide bonds. The molecule has 1 saturated heterocycles. The Labute approximate surface area is 98.9 Å². The number of anilines is 1. The van der Waals surface area contributed by atoms with E-state index in [2.05, 4.69) is 9.97 Å². The van der Waals surface area contributed by atoms with Crippen molar-refractivity contribution in [3.63, 3.8) is 0 Å². The highest BCUT2D eigenvalue weighted by molar-refractivity contribution is 5.64.